The molecule has 1 atom stereocenters. The van der Waals surface area contributed by atoms with Crippen LogP contribution in [-0.2, 0) is 14.3 Å². The summed E-state index contributed by atoms with van der Waals surface area (Å²) >= 11 is 0. The van der Waals surface area contributed by atoms with E-state index in [-0.39, 0.29) is 50.1 Å². The van der Waals surface area contributed by atoms with E-state index < -0.39 is 12.0 Å². The normalized spacial score (nSPS) is 26.6. The second-order valence-corrected chi connectivity index (χ2v) is 5.57. The molecule has 0 spiro atoms. The van der Waals surface area contributed by atoms with E-state index in [9.17, 15) is 18.4 Å². The van der Waals surface area contributed by atoms with Gasteiger partial charge >= 0.3 is 5.97 Å². The second-order valence-electron chi connectivity index (χ2n) is 5.57. The summed E-state index contributed by atoms with van der Waals surface area (Å²) in [5, 5.41) is 0. The fourth-order valence-corrected chi connectivity index (χ4v) is 3.04. The Labute approximate surface area is 117 Å². The number of hydrogen-bond donors (Lipinski definition) is 0. The molecule has 1 amide bonds. The molecular weight excluding hydrogens is 268 g/mol. The van der Waals surface area contributed by atoms with Gasteiger partial charge in [0.15, 0.2) is 0 Å². The first kappa shape index (κ1) is 15.2. The van der Waals surface area contributed by atoms with E-state index in [1.165, 1.54) is 4.90 Å². The summed E-state index contributed by atoms with van der Waals surface area (Å²) in [6.45, 7) is 2.53. The van der Waals surface area contributed by atoms with Crippen molar-refractivity contribution in [3.8, 4) is 0 Å². The van der Waals surface area contributed by atoms with Gasteiger partial charge in [0, 0.05) is 25.3 Å². The molecule has 20 heavy (non-hydrogen) atoms. The average molecular weight is 289 g/mol. The lowest BCUT2D eigenvalue weighted by atomic mass is 9.86. The zero-order valence-electron chi connectivity index (χ0n) is 11.7. The standard InChI is InChI=1S/C14H21F2NO3/c1-2-20-13(19)11-4-3-9-17(11)12(18)10-5-7-14(15,16)8-6-10/h10-11H,2-9H2,1H3. The van der Waals surface area contributed by atoms with Crippen molar-refractivity contribution in [2.45, 2.75) is 57.4 Å². The lowest BCUT2D eigenvalue weighted by Gasteiger charge is -2.32. The molecule has 1 aliphatic heterocycles. The van der Waals surface area contributed by atoms with E-state index >= 15 is 0 Å². The van der Waals surface area contributed by atoms with Gasteiger partial charge in [-0.3, -0.25) is 4.79 Å². The number of alkyl halides is 2. The topological polar surface area (TPSA) is 46.6 Å². The number of halogens is 2. The monoisotopic (exact) mass is 289 g/mol. The Balaban J connectivity index is 1.96. The Morgan fingerprint density at radius 1 is 1.25 bits per heavy atom. The Bertz CT molecular complexity index is 377. The maximum absolute atomic E-state index is 13.1. The van der Waals surface area contributed by atoms with Crippen LogP contribution in [0.5, 0.6) is 0 Å². The Hall–Kier alpha value is -1.20. The number of likely N-dealkylation sites (tertiary alicyclic amines) is 1. The lowest BCUT2D eigenvalue weighted by molar-refractivity contribution is -0.155. The summed E-state index contributed by atoms with van der Waals surface area (Å²) in [7, 11) is 0. The van der Waals surface area contributed by atoms with Crippen LogP contribution in [0.3, 0.4) is 0 Å². The molecule has 2 aliphatic rings. The number of hydrogen-bond acceptors (Lipinski definition) is 3. The number of rotatable bonds is 3. The Kier molecular flexibility index (Phi) is 4.60. The van der Waals surface area contributed by atoms with Gasteiger partial charge in [-0.2, -0.15) is 0 Å². The van der Waals surface area contributed by atoms with Crippen LogP contribution >= 0.6 is 0 Å². The summed E-state index contributed by atoms with van der Waals surface area (Å²) in [5.41, 5.74) is 0. The van der Waals surface area contributed by atoms with Crippen LogP contribution in [0.1, 0.15) is 45.4 Å². The largest absolute Gasteiger partial charge is 0.464 e. The SMILES string of the molecule is CCOC(=O)C1CCCN1C(=O)C1CCC(F)(F)CC1. The Morgan fingerprint density at radius 2 is 1.90 bits per heavy atom. The van der Waals surface area contributed by atoms with Crippen LogP contribution in [0.15, 0.2) is 0 Å². The summed E-state index contributed by atoms with van der Waals surface area (Å²) in [5.74, 6) is -3.54. The van der Waals surface area contributed by atoms with E-state index in [0.29, 0.717) is 13.0 Å². The first-order valence-electron chi connectivity index (χ1n) is 7.29. The van der Waals surface area contributed by atoms with Gasteiger partial charge in [-0.05, 0) is 32.6 Å². The quantitative estimate of drug-likeness (QED) is 0.749. The van der Waals surface area contributed by atoms with Gasteiger partial charge in [0.2, 0.25) is 11.8 Å². The van der Waals surface area contributed by atoms with Crippen LogP contribution in [0.4, 0.5) is 8.78 Å². The molecular formula is C14H21F2NO3. The molecule has 2 rings (SSSR count). The molecule has 6 heteroatoms. The molecule has 1 aliphatic carbocycles. The molecule has 0 N–H and O–H groups in total. The minimum atomic E-state index is -2.64. The maximum atomic E-state index is 13.1. The van der Waals surface area contributed by atoms with Gasteiger partial charge in [-0.25, -0.2) is 13.6 Å². The number of nitrogens with zero attached hydrogens (tertiary/aromatic N) is 1. The molecule has 0 aromatic rings. The van der Waals surface area contributed by atoms with Crippen molar-refractivity contribution < 1.29 is 23.1 Å². The van der Waals surface area contributed by atoms with Crippen molar-refractivity contribution in [2.24, 2.45) is 5.92 Å². The zero-order chi connectivity index (χ0) is 14.8. The lowest BCUT2D eigenvalue weighted by Crippen LogP contribution is -2.45. The highest BCUT2D eigenvalue weighted by molar-refractivity contribution is 5.86. The van der Waals surface area contributed by atoms with E-state index in [4.69, 9.17) is 4.74 Å². The number of esters is 1. The molecule has 2 fully saturated rings. The van der Waals surface area contributed by atoms with Crippen molar-refractivity contribution in [1.29, 1.82) is 0 Å². The first-order chi connectivity index (χ1) is 9.44. The predicted octanol–water partition coefficient (Wildman–Crippen LogP) is 2.37. The van der Waals surface area contributed by atoms with E-state index in [1.807, 2.05) is 0 Å². The molecule has 1 saturated carbocycles. The Morgan fingerprint density at radius 3 is 2.50 bits per heavy atom. The summed E-state index contributed by atoms with van der Waals surface area (Å²) < 4.78 is 31.2. The van der Waals surface area contributed by atoms with Gasteiger partial charge in [0.1, 0.15) is 6.04 Å². The van der Waals surface area contributed by atoms with Gasteiger partial charge in [-0.1, -0.05) is 0 Å². The van der Waals surface area contributed by atoms with Crippen molar-refractivity contribution in [2.75, 3.05) is 13.2 Å². The van der Waals surface area contributed by atoms with E-state index in [2.05, 4.69) is 0 Å². The molecule has 0 aromatic heterocycles. The third-order valence-electron chi connectivity index (χ3n) is 4.16. The predicted molar refractivity (Wildman–Crippen MR) is 68.3 cm³/mol. The van der Waals surface area contributed by atoms with Crippen molar-refractivity contribution in [3.63, 3.8) is 0 Å². The second kappa shape index (κ2) is 6.06. The molecule has 1 unspecified atom stereocenters. The van der Waals surface area contributed by atoms with Crippen molar-refractivity contribution in [1.82, 2.24) is 4.90 Å². The highest BCUT2D eigenvalue weighted by Crippen LogP contribution is 2.37. The van der Waals surface area contributed by atoms with Crippen LogP contribution in [0.2, 0.25) is 0 Å². The van der Waals surface area contributed by atoms with Crippen molar-refractivity contribution >= 4 is 11.9 Å². The fourth-order valence-electron chi connectivity index (χ4n) is 3.04. The minimum Gasteiger partial charge on any atom is -0.464 e. The molecule has 1 heterocycles. The molecule has 4 nitrogen and oxygen atoms in total. The van der Waals surface area contributed by atoms with Crippen molar-refractivity contribution in [3.05, 3.63) is 0 Å². The maximum Gasteiger partial charge on any atom is 0.328 e. The van der Waals surface area contributed by atoms with E-state index in [1.54, 1.807) is 6.92 Å². The van der Waals surface area contributed by atoms with Crippen LogP contribution < -0.4 is 0 Å². The number of amides is 1. The van der Waals surface area contributed by atoms with Gasteiger partial charge < -0.3 is 9.64 Å². The highest BCUT2D eigenvalue weighted by Gasteiger charge is 2.42. The molecule has 1 saturated heterocycles. The first-order valence-corrected chi connectivity index (χ1v) is 7.29. The summed E-state index contributed by atoms with van der Waals surface area (Å²) in [4.78, 5) is 25.7. The van der Waals surface area contributed by atoms with Crippen LogP contribution in [0, 0.1) is 5.92 Å². The molecule has 114 valence electrons. The zero-order valence-corrected chi connectivity index (χ0v) is 11.7. The summed E-state index contributed by atoms with van der Waals surface area (Å²) in [6.07, 6.45) is 1.31. The summed E-state index contributed by atoms with van der Waals surface area (Å²) in [6, 6.07) is -0.523. The molecule has 0 bridgehead atoms. The fraction of sp³-hybridized carbons (Fsp3) is 0.857. The number of carbonyl (C=O) groups excluding carboxylic acids is 2. The highest BCUT2D eigenvalue weighted by atomic mass is 19.3. The number of carbonyl (C=O) groups is 2. The van der Waals surface area contributed by atoms with Crippen LogP contribution in [0.25, 0.3) is 0 Å². The average Bonchev–Trinajstić information content (AvgIpc) is 2.87. The number of ether oxygens (including phenoxy) is 1. The van der Waals surface area contributed by atoms with Gasteiger partial charge in [0.25, 0.3) is 0 Å². The minimum absolute atomic E-state index is 0.156. The van der Waals surface area contributed by atoms with Gasteiger partial charge in [-0.15, -0.1) is 0 Å². The third kappa shape index (κ3) is 3.27. The third-order valence-corrected chi connectivity index (χ3v) is 4.16. The molecule has 0 aromatic carbocycles. The van der Waals surface area contributed by atoms with Gasteiger partial charge in [0.05, 0.1) is 6.61 Å². The molecule has 0 radical (unpaired) electrons. The van der Waals surface area contributed by atoms with E-state index in [0.717, 1.165) is 6.42 Å². The smallest absolute Gasteiger partial charge is 0.328 e. The van der Waals surface area contributed by atoms with Crippen LogP contribution in [-0.4, -0.2) is 41.9 Å².